The van der Waals surface area contributed by atoms with Gasteiger partial charge in [-0.25, -0.2) is 4.79 Å². The second-order valence-corrected chi connectivity index (χ2v) is 6.17. The lowest BCUT2D eigenvalue weighted by Gasteiger charge is -2.15. The molecule has 0 saturated carbocycles. The molecule has 8 heteroatoms. The van der Waals surface area contributed by atoms with Crippen molar-refractivity contribution in [1.82, 2.24) is 10.2 Å². The number of methoxy groups -OCH3 is 2. The van der Waals surface area contributed by atoms with Gasteiger partial charge in [-0.05, 0) is 24.5 Å². The fourth-order valence-corrected chi connectivity index (χ4v) is 2.59. The predicted molar refractivity (Wildman–Crippen MR) is 91.7 cm³/mol. The molecule has 1 aliphatic rings. The molecule has 1 unspecified atom stereocenters. The van der Waals surface area contributed by atoms with Crippen molar-refractivity contribution < 1.29 is 23.9 Å². The molecule has 8 nitrogen and oxygen atoms in total. The van der Waals surface area contributed by atoms with Crippen molar-refractivity contribution in [2.24, 2.45) is 5.92 Å². The van der Waals surface area contributed by atoms with Crippen LogP contribution in [0.4, 0.5) is 10.5 Å². The molecule has 4 amide bonds. The Morgan fingerprint density at radius 2 is 2.00 bits per heavy atom. The normalized spacial score (nSPS) is 16.8. The van der Waals surface area contributed by atoms with Gasteiger partial charge in [-0.3, -0.25) is 14.5 Å². The third-order valence-corrected chi connectivity index (χ3v) is 3.80. The van der Waals surface area contributed by atoms with Crippen molar-refractivity contribution in [3.8, 4) is 11.5 Å². The summed E-state index contributed by atoms with van der Waals surface area (Å²) in [6, 6.07) is 3.80. The lowest BCUT2D eigenvalue weighted by atomic mass is 10.0. The number of hydrogen-bond acceptors (Lipinski definition) is 5. The predicted octanol–water partition coefficient (Wildman–Crippen LogP) is 1.61. The first-order chi connectivity index (χ1) is 11.8. The van der Waals surface area contributed by atoms with Crippen LogP contribution in [0.2, 0.25) is 0 Å². The van der Waals surface area contributed by atoms with Crippen LogP contribution >= 0.6 is 0 Å². The van der Waals surface area contributed by atoms with E-state index in [2.05, 4.69) is 10.6 Å². The Balaban J connectivity index is 2.03. The van der Waals surface area contributed by atoms with Crippen molar-refractivity contribution in [3.05, 3.63) is 18.2 Å². The van der Waals surface area contributed by atoms with E-state index in [1.807, 2.05) is 13.8 Å². The minimum absolute atomic E-state index is 0.256. The van der Waals surface area contributed by atoms with Gasteiger partial charge < -0.3 is 20.1 Å². The topological polar surface area (TPSA) is 97.0 Å². The molecule has 0 radical (unpaired) electrons. The van der Waals surface area contributed by atoms with E-state index >= 15 is 0 Å². The molecule has 1 atom stereocenters. The quantitative estimate of drug-likeness (QED) is 0.729. The number of carbonyl (C=O) groups excluding carboxylic acids is 3. The smallest absolute Gasteiger partial charge is 0.325 e. The van der Waals surface area contributed by atoms with Gasteiger partial charge in [0.15, 0.2) is 0 Å². The number of anilines is 1. The fraction of sp³-hybridized carbons (Fsp3) is 0.471. The van der Waals surface area contributed by atoms with E-state index in [1.165, 1.54) is 14.2 Å². The Hall–Kier alpha value is -2.77. The maximum atomic E-state index is 12.3. The molecule has 0 aromatic heterocycles. The zero-order valence-corrected chi connectivity index (χ0v) is 14.8. The summed E-state index contributed by atoms with van der Waals surface area (Å²) in [5, 5.41) is 5.25. The maximum absolute atomic E-state index is 12.3. The Kier molecular flexibility index (Phi) is 5.84. The summed E-state index contributed by atoms with van der Waals surface area (Å²) < 4.78 is 10.3. The first kappa shape index (κ1) is 18.6. The number of nitrogens with one attached hydrogen (secondary N) is 2. The zero-order chi connectivity index (χ0) is 18.6. The van der Waals surface area contributed by atoms with E-state index < -0.39 is 18.0 Å². The minimum Gasteiger partial charge on any atom is -0.497 e. The Labute approximate surface area is 146 Å². The van der Waals surface area contributed by atoms with Crippen LogP contribution in [0.5, 0.6) is 11.5 Å². The van der Waals surface area contributed by atoms with E-state index in [1.54, 1.807) is 18.2 Å². The van der Waals surface area contributed by atoms with Crippen LogP contribution in [-0.4, -0.2) is 49.6 Å². The van der Waals surface area contributed by atoms with Crippen LogP contribution in [0.25, 0.3) is 0 Å². The molecule has 1 saturated heterocycles. The van der Waals surface area contributed by atoms with Gasteiger partial charge in [-0.15, -0.1) is 0 Å². The van der Waals surface area contributed by atoms with Gasteiger partial charge in [0.05, 0.1) is 19.9 Å². The van der Waals surface area contributed by atoms with E-state index in [0.717, 1.165) is 4.90 Å². The van der Waals surface area contributed by atoms with Gasteiger partial charge in [0, 0.05) is 6.07 Å². The Morgan fingerprint density at radius 1 is 1.28 bits per heavy atom. The largest absolute Gasteiger partial charge is 0.497 e. The van der Waals surface area contributed by atoms with Crippen LogP contribution in [0.1, 0.15) is 20.3 Å². The number of nitrogens with zero attached hydrogens (tertiary/aromatic N) is 1. The molecule has 1 aromatic carbocycles. The summed E-state index contributed by atoms with van der Waals surface area (Å²) in [5.41, 5.74) is 0.430. The highest BCUT2D eigenvalue weighted by Gasteiger charge is 2.39. The molecule has 2 rings (SSSR count). The van der Waals surface area contributed by atoms with Gasteiger partial charge in [0.1, 0.15) is 24.1 Å². The van der Waals surface area contributed by atoms with Gasteiger partial charge in [-0.1, -0.05) is 13.8 Å². The lowest BCUT2D eigenvalue weighted by Crippen LogP contribution is -2.38. The molecule has 1 aromatic rings. The summed E-state index contributed by atoms with van der Waals surface area (Å²) >= 11 is 0. The number of benzene rings is 1. The zero-order valence-electron chi connectivity index (χ0n) is 14.8. The number of rotatable bonds is 7. The first-order valence-electron chi connectivity index (χ1n) is 7.99. The van der Waals surface area contributed by atoms with Crippen molar-refractivity contribution in [2.45, 2.75) is 26.3 Å². The van der Waals surface area contributed by atoms with Crippen molar-refractivity contribution >= 4 is 23.5 Å². The second-order valence-electron chi connectivity index (χ2n) is 6.17. The second kappa shape index (κ2) is 7.87. The summed E-state index contributed by atoms with van der Waals surface area (Å²) in [7, 11) is 3.00. The van der Waals surface area contributed by atoms with Crippen LogP contribution < -0.4 is 20.1 Å². The molecule has 2 N–H and O–H groups in total. The van der Waals surface area contributed by atoms with Crippen molar-refractivity contribution in [3.63, 3.8) is 0 Å². The maximum Gasteiger partial charge on any atom is 0.325 e. The monoisotopic (exact) mass is 349 g/mol. The van der Waals surface area contributed by atoms with E-state index in [0.29, 0.717) is 23.6 Å². The molecule has 1 fully saturated rings. The van der Waals surface area contributed by atoms with Crippen molar-refractivity contribution in [1.29, 1.82) is 0 Å². The number of hydrogen-bond donors (Lipinski definition) is 2. The summed E-state index contributed by atoms with van der Waals surface area (Å²) in [4.78, 5) is 37.4. The standard InChI is InChI=1S/C17H23N3O5/c1-10(2)7-13-16(22)20(17(23)19-13)9-15(21)18-12-6-5-11(24-3)8-14(12)25-4/h5-6,8,10,13H,7,9H2,1-4H3,(H,18,21)(H,19,23). The van der Waals surface area contributed by atoms with Crippen LogP contribution in [0, 0.1) is 5.92 Å². The van der Waals surface area contributed by atoms with Gasteiger partial charge in [0.25, 0.3) is 5.91 Å². The van der Waals surface area contributed by atoms with Gasteiger partial charge in [0.2, 0.25) is 5.91 Å². The third kappa shape index (κ3) is 4.40. The number of ether oxygens (including phenoxy) is 2. The first-order valence-corrected chi connectivity index (χ1v) is 7.99. The van der Waals surface area contributed by atoms with E-state index in [4.69, 9.17) is 9.47 Å². The van der Waals surface area contributed by atoms with Crippen molar-refractivity contribution in [2.75, 3.05) is 26.1 Å². The molecule has 25 heavy (non-hydrogen) atoms. The fourth-order valence-electron chi connectivity index (χ4n) is 2.59. The third-order valence-electron chi connectivity index (χ3n) is 3.80. The highest BCUT2D eigenvalue weighted by atomic mass is 16.5. The molecule has 1 heterocycles. The average Bonchev–Trinajstić information content (AvgIpc) is 2.82. The molecule has 0 spiro atoms. The molecular weight excluding hydrogens is 326 g/mol. The number of urea groups is 1. The highest BCUT2D eigenvalue weighted by molar-refractivity contribution is 6.08. The minimum atomic E-state index is -0.573. The summed E-state index contributed by atoms with van der Waals surface area (Å²) in [6.07, 6.45) is 0.537. The molecular formula is C17H23N3O5. The number of amides is 4. The molecule has 0 aliphatic carbocycles. The molecule has 1 aliphatic heterocycles. The lowest BCUT2D eigenvalue weighted by molar-refractivity contribution is -0.131. The number of carbonyl (C=O) groups is 3. The Morgan fingerprint density at radius 3 is 2.60 bits per heavy atom. The molecule has 0 bridgehead atoms. The summed E-state index contributed by atoms with van der Waals surface area (Å²) in [5.74, 6) is 0.391. The van der Waals surface area contributed by atoms with E-state index in [9.17, 15) is 14.4 Å². The van der Waals surface area contributed by atoms with Gasteiger partial charge >= 0.3 is 6.03 Å². The average molecular weight is 349 g/mol. The SMILES string of the molecule is COc1ccc(NC(=O)CN2C(=O)NC(CC(C)C)C2=O)c(OC)c1. The van der Waals surface area contributed by atoms with Crippen LogP contribution in [-0.2, 0) is 9.59 Å². The Bertz CT molecular complexity index is 674. The summed E-state index contributed by atoms with van der Waals surface area (Å²) in [6.45, 7) is 3.57. The highest BCUT2D eigenvalue weighted by Crippen LogP contribution is 2.29. The van der Waals surface area contributed by atoms with E-state index in [-0.39, 0.29) is 18.4 Å². The van der Waals surface area contributed by atoms with Crippen LogP contribution in [0.15, 0.2) is 18.2 Å². The molecule has 136 valence electrons. The van der Waals surface area contributed by atoms with Gasteiger partial charge in [-0.2, -0.15) is 0 Å². The van der Waals surface area contributed by atoms with Crippen LogP contribution in [0.3, 0.4) is 0 Å². The number of imide groups is 1.